The van der Waals surface area contributed by atoms with Crippen molar-refractivity contribution < 1.29 is 17.6 Å². The maximum absolute atomic E-state index is 12.0. The van der Waals surface area contributed by atoms with Gasteiger partial charge in [0.25, 0.3) is 0 Å². The van der Waals surface area contributed by atoms with Gasteiger partial charge in [-0.05, 0) is 50.4 Å². The second kappa shape index (κ2) is 6.78. The Morgan fingerprint density at radius 2 is 2.04 bits per heavy atom. The molecule has 0 bridgehead atoms. The van der Waals surface area contributed by atoms with Gasteiger partial charge in [-0.2, -0.15) is 0 Å². The Hall–Kier alpha value is -0.890. The zero-order valence-electron chi connectivity index (χ0n) is 14.8. The number of hydrogen-bond acceptors (Lipinski definition) is 5. The number of hydrogen-bond donors (Lipinski definition) is 0. The number of ether oxygens (including phenoxy) is 1. The highest BCUT2D eigenvalue weighted by atomic mass is 32.2. The fraction of sp³-hybridized carbons (Fsp3) is 0.765. The van der Waals surface area contributed by atoms with Crippen molar-refractivity contribution in [3.8, 4) is 0 Å². The number of methoxy groups -OCH3 is 1. The lowest BCUT2D eigenvalue weighted by atomic mass is 9.71. The highest BCUT2D eigenvalue weighted by Gasteiger charge is 2.50. The van der Waals surface area contributed by atoms with Gasteiger partial charge in [0.15, 0.2) is 0 Å². The lowest BCUT2D eigenvalue weighted by Crippen LogP contribution is -2.45. The summed E-state index contributed by atoms with van der Waals surface area (Å²) in [6, 6.07) is 4.03. The molecule has 0 aliphatic carbocycles. The molecule has 1 spiro atoms. The van der Waals surface area contributed by atoms with E-state index in [0.717, 1.165) is 44.0 Å². The highest BCUT2D eigenvalue weighted by Crippen LogP contribution is 2.45. The summed E-state index contributed by atoms with van der Waals surface area (Å²) in [7, 11) is -1.44. The zero-order chi connectivity index (χ0) is 17.4. The number of sulfonamides is 1. The lowest BCUT2D eigenvalue weighted by Gasteiger charge is -2.42. The summed E-state index contributed by atoms with van der Waals surface area (Å²) in [4.78, 5) is 2.40. The molecule has 1 atom stereocenters. The number of aryl methyl sites for hydroxylation is 1. The van der Waals surface area contributed by atoms with Crippen molar-refractivity contribution in [3.63, 3.8) is 0 Å². The van der Waals surface area contributed by atoms with E-state index in [1.54, 1.807) is 11.4 Å². The SMILES string of the molecule is COCC1CN(S(C)(=O)=O)CC12CCN(Cc1ccc(C)o1)CC2. The number of furan rings is 1. The second-order valence-electron chi connectivity index (χ2n) is 7.36. The first-order valence-corrected chi connectivity index (χ1v) is 10.4. The maximum atomic E-state index is 12.0. The lowest BCUT2D eigenvalue weighted by molar-refractivity contribution is 0.0338. The molecule has 1 aromatic heterocycles. The van der Waals surface area contributed by atoms with Crippen molar-refractivity contribution >= 4 is 10.0 Å². The van der Waals surface area contributed by atoms with Gasteiger partial charge in [-0.3, -0.25) is 4.90 Å². The minimum Gasteiger partial charge on any atom is -0.465 e. The van der Waals surface area contributed by atoms with Gasteiger partial charge in [0.05, 0.1) is 19.4 Å². The Bertz CT molecular complexity index is 662. The number of nitrogens with zero attached hydrogens (tertiary/aromatic N) is 2. The molecule has 0 N–H and O–H groups in total. The molecule has 0 aromatic carbocycles. The Morgan fingerprint density at radius 3 is 2.58 bits per heavy atom. The second-order valence-corrected chi connectivity index (χ2v) is 9.34. The van der Waals surface area contributed by atoms with Crippen LogP contribution in [-0.2, 0) is 21.3 Å². The molecule has 24 heavy (non-hydrogen) atoms. The summed E-state index contributed by atoms with van der Waals surface area (Å²) in [5.74, 6) is 2.23. The smallest absolute Gasteiger partial charge is 0.211 e. The Balaban J connectivity index is 1.65. The van der Waals surface area contributed by atoms with Crippen molar-refractivity contribution in [1.82, 2.24) is 9.21 Å². The van der Waals surface area contributed by atoms with E-state index in [-0.39, 0.29) is 11.3 Å². The normalized spacial score (nSPS) is 25.5. The predicted octanol–water partition coefficient (Wildman–Crippen LogP) is 1.71. The molecular formula is C17H28N2O4S. The molecule has 7 heteroatoms. The Labute approximate surface area is 144 Å². The summed E-state index contributed by atoms with van der Waals surface area (Å²) >= 11 is 0. The van der Waals surface area contributed by atoms with Gasteiger partial charge in [0.2, 0.25) is 10.0 Å². The quantitative estimate of drug-likeness (QED) is 0.804. The molecule has 1 aromatic rings. The van der Waals surface area contributed by atoms with Crippen molar-refractivity contribution in [3.05, 3.63) is 23.7 Å². The van der Waals surface area contributed by atoms with Crippen molar-refractivity contribution in [1.29, 1.82) is 0 Å². The predicted molar refractivity (Wildman–Crippen MR) is 92.2 cm³/mol. The van der Waals surface area contributed by atoms with Crippen molar-refractivity contribution in [2.24, 2.45) is 11.3 Å². The van der Waals surface area contributed by atoms with Crippen LogP contribution in [0.4, 0.5) is 0 Å². The number of likely N-dealkylation sites (tertiary alicyclic amines) is 1. The van der Waals surface area contributed by atoms with E-state index in [1.807, 2.05) is 19.1 Å². The first-order valence-electron chi connectivity index (χ1n) is 8.54. The monoisotopic (exact) mass is 356 g/mol. The van der Waals surface area contributed by atoms with Crippen LogP contribution < -0.4 is 0 Å². The summed E-state index contributed by atoms with van der Waals surface area (Å²) in [6.45, 7) is 6.58. The van der Waals surface area contributed by atoms with Crippen LogP contribution in [0.1, 0.15) is 24.4 Å². The number of piperidine rings is 1. The van der Waals surface area contributed by atoms with Gasteiger partial charge in [0.1, 0.15) is 11.5 Å². The molecule has 0 radical (unpaired) electrons. The fourth-order valence-corrected chi connectivity index (χ4v) is 5.12. The standard InChI is InChI=1S/C17H28N2O4S/c1-14-4-5-16(23-14)11-18-8-6-17(7-9-18)13-19(24(3,20)21)10-15(17)12-22-2/h4-5,15H,6-13H2,1-3H3. The summed E-state index contributed by atoms with van der Waals surface area (Å²) in [5, 5.41) is 0. The van der Waals surface area contributed by atoms with Gasteiger partial charge >= 0.3 is 0 Å². The molecule has 0 saturated carbocycles. The molecule has 2 aliphatic rings. The van der Waals surface area contributed by atoms with E-state index < -0.39 is 10.0 Å². The third-order valence-corrected chi connectivity index (χ3v) is 6.86. The molecule has 6 nitrogen and oxygen atoms in total. The number of rotatable bonds is 5. The topological polar surface area (TPSA) is 63.0 Å². The van der Waals surface area contributed by atoms with Gasteiger partial charge in [0, 0.05) is 26.1 Å². The van der Waals surface area contributed by atoms with Crippen molar-refractivity contribution in [2.75, 3.05) is 46.2 Å². The molecule has 3 heterocycles. The van der Waals surface area contributed by atoms with E-state index in [4.69, 9.17) is 9.15 Å². The average Bonchev–Trinajstić information content (AvgIpc) is 3.07. The molecule has 2 aliphatic heterocycles. The van der Waals surface area contributed by atoms with E-state index in [9.17, 15) is 8.42 Å². The van der Waals surface area contributed by atoms with Crippen LogP contribution in [0.5, 0.6) is 0 Å². The molecule has 2 saturated heterocycles. The first kappa shape index (κ1) is 17.9. The third-order valence-electron chi connectivity index (χ3n) is 5.65. The van der Waals surface area contributed by atoms with Crippen LogP contribution in [-0.4, -0.2) is 63.8 Å². The molecule has 1 unspecified atom stereocenters. The minimum atomic E-state index is -3.14. The Morgan fingerprint density at radius 1 is 1.33 bits per heavy atom. The molecule has 0 amide bonds. The molecule has 3 rings (SSSR count). The van der Waals surface area contributed by atoms with Crippen LogP contribution in [0.15, 0.2) is 16.5 Å². The van der Waals surface area contributed by atoms with Crippen LogP contribution in [0.2, 0.25) is 0 Å². The Kier molecular flexibility index (Phi) is 5.06. The summed E-state index contributed by atoms with van der Waals surface area (Å²) in [6.07, 6.45) is 3.32. The van der Waals surface area contributed by atoms with Gasteiger partial charge in [-0.1, -0.05) is 0 Å². The van der Waals surface area contributed by atoms with Gasteiger partial charge in [-0.15, -0.1) is 0 Å². The van der Waals surface area contributed by atoms with Crippen molar-refractivity contribution in [2.45, 2.75) is 26.3 Å². The van der Waals surface area contributed by atoms with Crippen LogP contribution in [0.3, 0.4) is 0 Å². The largest absolute Gasteiger partial charge is 0.465 e. The third kappa shape index (κ3) is 3.69. The zero-order valence-corrected chi connectivity index (χ0v) is 15.6. The van der Waals surface area contributed by atoms with E-state index in [1.165, 1.54) is 6.26 Å². The van der Waals surface area contributed by atoms with Gasteiger partial charge < -0.3 is 9.15 Å². The van der Waals surface area contributed by atoms with Crippen LogP contribution in [0.25, 0.3) is 0 Å². The van der Waals surface area contributed by atoms with E-state index in [2.05, 4.69) is 4.90 Å². The van der Waals surface area contributed by atoms with E-state index in [0.29, 0.717) is 19.7 Å². The minimum absolute atomic E-state index is 0.0503. The van der Waals surface area contributed by atoms with E-state index >= 15 is 0 Å². The van der Waals surface area contributed by atoms with Crippen LogP contribution in [0, 0.1) is 18.3 Å². The highest BCUT2D eigenvalue weighted by molar-refractivity contribution is 7.88. The summed E-state index contributed by atoms with van der Waals surface area (Å²) in [5.41, 5.74) is 0.0503. The average molecular weight is 356 g/mol. The molecule has 2 fully saturated rings. The summed E-state index contributed by atoms with van der Waals surface area (Å²) < 4.78 is 36.7. The fourth-order valence-electron chi connectivity index (χ4n) is 4.18. The van der Waals surface area contributed by atoms with Gasteiger partial charge in [-0.25, -0.2) is 12.7 Å². The first-order chi connectivity index (χ1) is 11.3. The molecule has 136 valence electrons. The maximum Gasteiger partial charge on any atom is 0.211 e. The van der Waals surface area contributed by atoms with Crippen LogP contribution >= 0.6 is 0 Å². The molecular weight excluding hydrogens is 328 g/mol.